The van der Waals surface area contributed by atoms with Crippen LogP contribution in [0.15, 0.2) is 18.2 Å². The first-order valence-corrected chi connectivity index (χ1v) is 7.25. The average molecular weight is 312 g/mol. The van der Waals surface area contributed by atoms with Gasteiger partial charge in [0.25, 0.3) is 0 Å². The lowest BCUT2D eigenvalue weighted by Gasteiger charge is -2.15. The van der Waals surface area contributed by atoms with Gasteiger partial charge in [-0.05, 0) is 38.1 Å². The molecule has 0 aromatic heterocycles. The summed E-state index contributed by atoms with van der Waals surface area (Å²) in [6, 6.07) is 4.14. The molecule has 0 bridgehead atoms. The number of carboxylic acids is 1. The van der Waals surface area contributed by atoms with E-state index in [9.17, 15) is 9.59 Å². The molecule has 21 heavy (non-hydrogen) atoms. The van der Waals surface area contributed by atoms with E-state index in [0.29, 0.717) is 6.54 Å². The van der Waals surface area contributed by atoms with Crippen LogP contribution >= 0.6 is 11.6 Å². The molecule has 1 aromatic carbocycles. The van der Waals surface area contributed by atoms with Crippen LogP contribution in [0.2, 0.25) is 5.02 Å². The number of amides is 2. The average Bonchev–Trinajstić information content (AvgIpc) is 2.91. The number of halogens is 1. The number of nitrogens with zero attached hydrogens (tertiary/aromatic N) is 1. The smallest absolute Gasteiger partial charge is 0.339 e. The molecule has 1 heterocycles. The maximum absolute atomic E-state index is 11.8. The van der Waals surface area contributed by atoms with Crippen molar-refractivity contribution in [1.82, 2.24) is 10.2 Å². The van der Waals surface area contributed by atoms with Gasteiger partial charge in [-0.1, -0.05) is 17.7 Å². The third kappa shape index (κ3) is 4.34. The SMILES string of the molecule is O=C(NCCN1CCCC1)Nc1cccc(Cl)c1C(=O)O. The van der Waals surface area contributed by atoms with Gasteiger partial charge in [-0.25, -0.2) is 9.59 Å². The molecule has 7 heteroatoms. The zero-order chi connectivity index (χ0) is 15.2. The van der Waals surface area contributed by atoms with Gasteiger partial charge >= 0.3 is 12.0 Å². The number of hydrogen-bond donors (Lipinski definition) is 3. The molecular formula is C14H18ClN3O3. The second kappa shape index (κ2) is 7.28. The van der Waals surface area contributed by atoms with Crippen molar-refractivity contribution in [2.75, 3.05) is 31.5 Å². The molecule has 0 saturated carbocycles. The van der Waals surface area contributed by atoms with Crippen molar-refractivity contribution < 1.29 is 14.7 Å². The van der Waals surface area contributed by atoms with Gasteiger partial charge in [0.2, 0.25) is 0 Å². The van der Waals surface area contributed by atoms with Crippen molar-refractivity contribution in [1.29, 1.82) is 0 Å². The van der Waals surface area contributed by atoms with Crippen LogP contribution in [0, 0.1) is 0 Å². The summed E-state index contributed by atoms with van der Waals surface area (Å²) < 4.78 is 0. The van der Waals surface area contributed by atoms with E-state index < -0.39 is 12.0 Å². The van der Waals surface area contributed by atoms with Crippen molar-refractivity contribution in [3.8, 4) is 0 Å². The molecule has 1 fully saturated rings. The molecule has 2 amide bonds. The molecule has 0 aliphatic carbocycles. The molecule has 0 radical (unpaired) electrons. The summed E-state index contributed by atoms with van der Waals surface area (Å²) in [5.41, 5.74) is 0.0857. The number of nitrogens with one attached hydrogen (secondary N) is 2. The highest BCUT2D eigenvalue weighted by Gasteiger charge is 2.16. The second-order valence-corrected chi connectivity index (χ2v) is 5.30. The van der Waals surface area contributed by atoms with Crippen LogP contribution in [-0.4, -0.2) is 48.2 Å². The molecular weight excluding hydrogens is 294 g/mol. The molecule has 0 spiro atoms. The molecule has 1 aliphatic heterocycles. The number of carboxylic acid groups (broad SMARTS) is 1. The van der Waals surface area contributed by atoms with E-state index in [1.165, 1.54) is 25.0 Å². The monoisotopic (exact) mass is 311 g/mol. The Balaban J connectivity index is 1.87. The normalized spacial score (nSPS) is 14.9. The first kappa shape index (κ1) is 15.6. The van der Waals surface area contributed by atoms with E-state index >= 15 is 0 Å². The number of hydrogen-bond acceptors (Lipinski definition) is 3. The van der Waals surface area contributed by atoms with Crippen LogP contribution in [-0.2, 0) is 0 Å². The van der Waals surface area contributed by atoms with Gasteiger partial charge in [0.05, 0.1) is 10.7 Å². The highest BCUT2D eigenvalue weighted by atomic mass is 35.5. The Labute approximate surface area is 128 Å². The summed E-state index contributed by atoms with van der Waals surface area (Å²) in [6.45, 7) is 3.46. The van der Waals surface area contributed by atoms with Gasteiger partial charge in [0.1, 0.15) is 5.56 Å². The van der Waals surface area contributed by atoms with E-state index in [-0.39, 0.29) is 16.3 Å². The predicted octanol–water partition coefficient (Wildman–Crippen LogP) is 2.26. The number of carbonyl (C=O) groups excluding carboxylic acids is 1. The molecule has 114 valence electrons. The van der Waals surface area contributed by atoms with Gasteiger partial charge in [-0.3, -0.25) is 0 Å². The molecule has 6 nitrogen and oxygen atoms in total. The van der Waals surface area contributed by atoms with Crippen molar-refractivity contribution in [3.63, 3.8) is 0 Å². The van der Waals surface area contributed by atoms with Crippen molar-refractivity contribution in [2.24, 2.45) is 0 Å². The molecule has 1 aromatic rings. The maximum Gasteiger partial charge on any atom is 0.339 e. The molecule has 3 N–H and O–H groups in total. The highest BCUT2D eigenvalue weighted by molar-refractivity contribution is 6.34. The molecule has 0 unspecified atom stereocenters. The van der Waals surface area contributed by atoms with Gasteiger partial charge < -0.3 is 20.6 Å². The van der Waals surface area contributed by atoms with Crippen LogP contribution in [0.3, 0.4) is 0 Å². The zero-order valence-electron chi connectivity index (χ0n) is 11.6. The summed E-state index contributed by atoms with van der Waals surface area (Å²) in [6.07, 6.45) is 2.41. The first-order chi connectivity index (χ1) is 10.1. The van der Waals surface area contributed by atoms with Crippen LogP contribution in [0.1, 0.15) is 23.2 Å². The topological polar surface area (TPSA) is 81.7 Å². The highest BCUT2D eigenvalue weighted by Crippen LogP contribution is 2.24. The number of carbonyl (C=O) groups is 2. The number of anilines is 1. The minimum Gasteiger partial charge on any atom is -0.478 e. The van der Waals surface area contributed by atoms with E-state index in [2.05, 4.69) is 15.5 Å². The number of urea groups is 1. The molecule has 0 atom stereocenters. The Morgan fingerprint density at radius 1 is 1.29 bits per heavy atom. The lowest BCUT2D eigenvalue weighted by atomic mass is 10.2. The molecule has 2 rings (SSSR count). The summed E-state index contributed by atoms with van der Waals surface area (Å²) >= 11 is 5.84. The van der Waals surface area contributed by atoms with Crippen LogP contribution in [0.4, 0.5) is 10.5 Å². The quantitative estimate of drug-likeness (QED) is 0.779. The van der Waals surface area contributed by atoms with E-state index in [1.54, 1.807) is 6.07 Å². The Morgan fingerprint density at radius 3 is 2.67 bits per heavy atom. The van der Waals surface area contributed by atoms with E-state index in [0.717, 1.165) is 19.6 Å². The van der Waals surface area contributed by atoms with Gasteiger partial charge in [0, 0.05) is 13.1 Å². The Bertz CT molecular complexity index is 530. The summed E-state index contributed by atoms with van der Waals surface area (Å²) in [5, 5.41) is 14.5. The maximum atomic E-state index is 11.8. The summed E-state index contributed by atoms with van der Waals surface area (Å²) in [5.74, 6) is -1.17. The van der Waals surface area contributed by atoms with Crippen molar-refractivity contribution in [2.45, 2.75) is 12.8 Å². The Hall–Kier alpha value is -1.79. The Morgan fingerprint density at radius 2 is 2.00 bits per heavy atom. The third-order valence-electron chi connectivity index (χ3n) is 3.39. The second-order valence-electron chi connectivity index (χ2n) is 4.90. The molecule has 1 saturated heterocycles. The standard InChI is InChI=1S/C14H18ClN3O3/c15-10-4-3-5-11(12(10)13(19)20)17-14(21)16-6-9-18-7-1-2-8-18/h3-5H,1-2,6-9H2,(H,19,20)(H2,16,17,21). The first-order valence-electron chi connectivity index (χ1n) is 6.87. The fourth-order valence-electron chi connectivity index (χ4n) is 2.35. The minimum absolute atomic E-state index is 0.0948. The van der Waals surface area contributed by atoms with Gasteiger partial charge in [-0.2, -0.15) is 0 Å². The predicted molar refractivity (Wildman–Crippen MR) is 81.1 cm³/mol. The number of aromatic carboxylic acids is 1. The summed E-state index contributed by atoms with van der Waals surface area (Å²) in [7, 11) is 0. The lowest BCUT2D eigenvalue weighted by Crippen LogP contribution is -2.36. The number of rotatable bonds is 5. The lowest BCUT2D eigenvalue weighted by molar-refractivity contribution is 0.0698. The fourth-order valence-corrected chi connectivity index (χ4v) is 2.60. The fraction of sp³-hybridized carbons (Fsp3) is 0.429. The Kier molecular flexibility index (Phi) is 5.41. The number of benzene rings is 1. The summed E-state index contributed by atoms with van der Waals surface area (Å²) in [4.78, 5) is 25.2. The zero-order valence-corrected chi connectivity index (χ0v) is 12.3. The van der Waals surface area contributed by atoms with E-state index in [1.807, 2.05) is 0 Å². The van der Waals surface area contributed by atoms with Crippen LogP contribution in [0.5, 0.6) is 0 Å². The van der Waals surface area contributed by atoms with Crippen LogP contribution < -0.4 is 10.6 Å². The van der Waals surface area contributed by atoms with E-state index in [4.69, 9.17) is 16.7 Å². The third-order valence-corrected chi connectivity index (χ3v) is 3.70. The van der Waals surface area contributed by atoms with Gasteiger partial charge in [-0.15, -0.1) is 0 Å². The van der Waals surface area contributed by atoms with Gasteiger partial charge in [0.15, 0.2) is 0 Å². The minimum atomic E-state index is -1.17. The van der Waals surface area contributed by atoms with Crippen LogP contribution in [0.25, 0.3) is 0 Å². The van der Waals surface area contributed by atoms with Crippen molar-refractivity contribution in [3.05, 3.63) is 28.8 Å². The largest absolute Gasteiger partial charge is 0.478 e. The van der Waals surface area contributed by atoms with Crippen molar-refractivity contribution >= 4 is 29.3 Å². The number of likely N-dealkylation sites (tertiary alicyclic amines) is 1. The molecule has 1 aliphatic rings.